The Kier molecular flexibility index (Phi) is 3.77. The lowest BCUT2D eigenvalue weighted by Crippen LogP contribution is -2.39. The maximum Gasteiger partial charge on any atom is 0.319 e. The number of nitro benzene ring substituents is 1. The van der Waals surface area contributed by atoms with Gasteiger partial charge in [0.25, 0.3) is 0 Å². The Balaban J connectivity index is 1.99. The fourth-order valence-corrected chi connectivity index (χ4v) is 3.74. The second-order valence-electron chi connectivity index (χ2n) is 5.57. The van der Waals surface area contributed by atoms with Gasteiger partial charge < -0.3 is 10.6 Å². The number of aromatic nitrogens is 1. The number of fused-ring (bicyclic) bond motifs is 1. The minimum absolute atomic E-state index is 0.117. The molecule has 1 fully saturated rings. The number of hydrogen-bond donors (Lipinski definition) is 1. The lowest BCUT2D eigenvalue weighted by molar-refractivity contribution is -0.382. The van der Waals surface area contributed by atoms with Crippen LogP contribution in [0.2, 0.25) is 0 Å². The standard InChI is InChI=1S/C14H18N4O2S/c1-17(10-4-2-9(15)3-5-10)11-6-7-12-13(16-8-21-12)14(11)18(19)20/h6-10H,2-5,15H2,1H3. The quantitative estimate of drug-likeness (QED) is 0.696. The summed E-state index contributed by atoms with van der Waals surface area (Å²) < 4.78 is 0.851. The van der Waals surface area contributed by atoms with E-state index in [2.05, 4.69) is 4.98 Å². The summed E-state index contributed by atoms with van der Waals surface area (Å²) in [5, 5.41) is 11.5. The average molecular weight is 306 g/mol. The van der Waals surface area contributed by atoms with Gasteiger partial charge in [-0.05, 0) is 37.8 Å². The molecule has 0 spiro atoms. The van der Waals surface area contributed by atoms with Crippen LogP contribution in [0.5, 0.6) is 0 Å². The van der Waals surface area contributed by atoms with Crippen molar-refractivity contribution in [2.75, 3.05) is 11.9 Å². The predicted molar refractivity (Wildman–Crippen MR) is 84.9 cm³/mol. The van der Waals surface area contributed by atoms with E-state index >= 15 is 0 Å². The van der Waals surface area contributed by atoms with Gasteiger partial charge in [-0.2, -0.15) is 0 Å². The van der Waals surface area contributed by atoms with Crippen molar-refractivity contribution in [2.24, 2.45) is 5.73 Å². The highest BCUT2D eigenvalue weighted by atomic mass is 32.1. The molecule has 1 aliphatic rings. The van der Waals surface area contributed by atoms with Gasteiger partial charge in [-0.3, -0.25) is 10.1 Å². The molecular weight excluding hydrogens is 288 g/mol. The van der Waals surface area contributed by atoms with Gasteiger partial charge in [0.2, 0.25) is 0 Å². The summed E-state index contributed by atoms with van der Waals surface area (Å²) in [5.41, 5.74) is 8.85. The number of nitrogens with zero attached hydrogens (tertiary/aromatic N) is 3. The highest BCUT2D eigenvalue weighted by molar-refractivity contribution is 7.16. The van der Waals surface area contributed by atoms with Gasteiger partial charge >= 0.3 is 5.69 Å². The number of benzene rings is 1. The van der Waals surface area contributed by atoms with Crippen LogP contribution >= 0.6 is 11.3 Å². The molecule has 0 atom stereocenters. The predicted octanol–water partition coefficient (Wildman–Crippen LogP) is 2.91. The van der Waals surface area contributed by atoms with Crippen LogP contribution in [-0.4, -0.2) is 29.0 Å². The SMILES string of the molecule is CN(c1ccc2scnc2c1[N+](=O)[O-])C1CCC(N)CC1. The molecule has 2 aromatic rings. The van der Waals surface area contributed by atoms with Crippen LogP contribution in [0.25, 0.3) is 10.2 Å². The topological polar surface area (TPSA) is 85.3 Å². The Morgan fingerprint density at radius 3 is 2.76 bits per heavy atom. The summed E-state index contributed by atoms with van der Waals surface area (Å²) in [4.78, 5) is 17.4. The summed E-state index contributed by atoms with van der Waals surface area (Å²) >= 11 is 1.42. The highest BCUT2D eigenvalue weighted by Gasteiger charge is 2.28. The van der Waals surface area contributed by atoms with E-state index in [1.807, 2.05) is 24.1 Å². The average Bonchev–Trinajstić information content (AvgIpc) is 2.94. The van der Waals surface area contributed by atoms with E-state index in [-0.39, 0.29) is 16.7 Å². The monoisotopic (exact) mass is 306 g/mol. The Hall–Kier alpha value is -1.73. The van der Waals surface area contributed by atoms with E-state index < -0.39 is 0 Å². The van der Waals surface area contributed by atoms with Gasteiger partial charge in [0.15, 0.2) is 5.52 Å². The number of rotatable bonds is 3. The van der Waals surface area contributed by atoms with Crippen LogP contribution in [0.4, 0.5) is 11.4 Å². The minimum atomic E-state index is -0.317. The van der Waals surface area contributed by atoms with E-state index in [4.69, 9.17) is 5.73 Å². The second-order valence-corrected chi connectivity index (χ2v) is 6.46. The molecule has 6 nitrogen and oxygen atoms in total. The molecule has 0 unspecified atom stereocenters. The van der Waals surface area contributed by atoms with Crippen molar-refractivity contribution >= 4 is 32.9 Å². The number of thiazole rings is 1. The lowest BCUT2D eigenvalue weighted by Gasteiger charge is -2.34. The molecule has 1 aromatic heterocycles. The molecule has 2 N–H and O–H groups in total. The fourth-order valence-electron chi connectivity index (χ4n) is 3.06. The molecule has 0 bridgehead atoms. The first-order chi connectivity index (χ1) is 10.1. The number of nitro groups is 1. The number of nitrogens with two attached hydrogens (primary N) is 1. The minimum Gasteiger partial charge on any atom is -0.366 e. The fraction of sp³-hybridized carbons (Fsp3) is 0.500. The highest BCUT2D eigenvalue weighted by Crippen LogP contribution is 2.38. The van der Waals surface area contributed by atoms with Crippen molar-refractivity contribution < 1.29 is 4.92 Å². The van der Waals surface area contributed by atoms with Crippen molar-refractivity contribution in [1.29, 1.82) is 0 Å². The molecule has 1 aromatic carbocycles. The normalized spacial score (nSPS) is 22.4. The van der Waals surface area contributed by atoms with Crippen molar-refractivity contribution in [3.63, 3.8) is 0 Å². The van der Waals surface area contributed by atoms with Gasteiger partial charge in [-0.25, -0.2) is 4.98 Å². The van der Waals surface area contributed by atoms with Crippen molar-refractivity contribution in [3.05, 3.63) is 27.8 Å². The molecule has 0 aliphatic heterocycles. The molecule has 1 saturated carbocycles. The van der Waals surface area contributed by atoms with Gasteiger partial charge in [0.1, 0.15) is 5.69 Å². The summed E-state index contributed by atoms with van der Waals surface area (Å²) in [6.45, 7) is 0. The molecule has 7 heteroatoms. The Bertz CT molecular complexity index is 664. The molecule has 112 valence electrons. The third kappa shape index (κ3) is 2.58. The maximum absolute atomic E-state index is 11.5. The van der Waals surface area contributed by atoms with Crippen LogP contribution in [0.3, 0.4) is 0 Å². The van der Waals surface area contributed by atoms with Crippen LogP contribution in [0.15, 0.2) is 17.6 Å². The summed E-state index contributed by atoms with van der Waals surface area (Å²) in [7, 11) is 1.93. The first kappa shape index (κ1) is 14.2. The third-order valence-electron chi connectivity index (χ3n) is 4.31. The molecule has 0 saturated heterocycles. The van der Waals surface area contributed by atoms with Gasteiger partial charge in [-0.1, -0.05) is 0 Å². The molecule has 1 aliphatic carbocycles. The molecule has 1 heterocycles. The number of hydrogen-bond acceptors (Lipinski definition) is 6. The van der Waals surface area contributed by atoms with Gasteiger partial charge in [0.05, 0.1) is 15.1 Å². The molecule has 0 radical (unpaired) electrons. The van der Waals surface area contributed by atoms with Crippen molar-refractivity contribution in [2.45, 2.75) is 37.8 Å². The van der Waals surface area contributed by atoms with E-state index in [1.165, 1.54) is 11.3 Å². The van der Waals surface area contributed by atoms with Crippen LogP contribution in [-0.2, 0) is 0 Å². The smallest absolute Gasteiger partial charge is 0.319 e. The molecule has 0 amide bonds. The molecule has 21 heavy (non-hydrogen) atoms. The zero-order valence-electron chi connectivity index (χ0n) is 11.9. The van der Waals surface area contributed by atoms with E-state index in [0.717, 1.165) is 30.4 Å². The zero-order chi connectivity index (χ0) is 15.0. The van der Waals surface area contributed by atoms with E-state index in [9.17, 15) is 10.1 Å². The van der Waals surface area contributed by atoms with Gasteiger partial charge in [-0.15, -0.1) is 11.3 Å². The first-order valence-corrected chi connectivity index (χ1v) is 7.95. The van der Waals surface area contributed by atoms with Gasteiger partial charge in [0, 0.05) is 19.1 Å². The Labute approximate surface area is 126 Å². The van der Waals surface area contributed by atoms with E-state index in [1.54, 1.807) is 5.51 Å². The van der Waals surface area contributed by atoms with Crippen molar-refractivity contribution in [1.82, 2.24) is 4.98 Å². The molecular formula is C14H18N4O2S. The Morgan fingerprint density at radius 2 is 2.10 bits per heavy atom. The van der Waals surface area contributed by atoms with Crippen LogP contribution in [0, 0.1) is 10.1 Å². The Morgan fingerprint density at radius 1 is 1.38 bits per heavy atom. The first-order valence-electron chi connectivity index (χ1n) is 7.07. The van der Waals surface area contributed by atoms with Crippen molar-refractivity contribution in [3.8, 4) is 0 Å². The zero-order valence-corrected chi connectivity index (χ0v) is 12.7. The summed E-state index contributed by atoms with van der Waals surface area (Å²) in [6, 6.07) is 4.33. The van der Waals surface area contributed by atoms with Crippen LogP contribution in [0.1, 0.15) is 25.7 Å². The summed E-state index contributed by atoms with van der Waals surface area (Å²) in [5.74, 6) is 0. The maximum atomic E-state index is 11.5. The number of anilines is 1. The summed E-state index contributed by atoms with van der Waals surface area (Å²) in [6.07, 6.45) is 3.90. The van der Waals surface area contributed by atoms with Crippen LogP contribution < -0.4 is 10.6 Å². The third-order valence-corrected chi connectivity index (χ3v) is 5.10. The van der Waals surface area contributed by atoms with E-state index in [0.29, 0.717) is 17.2 Å². The second kappa shape index (κ2) is 5.57. The molecule has 3 rings (SSSR count). The lowest BCUT2D eigenvalue weighted by atomic mass is 9.90. The largest absolute Gasteiger partial charge is 0.366 e.